The number of hydrogen-bond acceptors (Lipinski definition) is 4. The third-order valence-corrected chi connectivity index (χ3v) is 4.15. The molecule has 1 N–H and O–H groups in total. The van der Waals surface area contributed by atoms with Crippen molar-refractivity contribution >= 4 is 24.8 Å². The molecule has 2 aliphatic rings. The van der Waals surface area contributed by atoms with Gasteiger partial charge in [-0.1, -0.05) is 0 Å². The highest BCUT2D eigenvalue weighted by Crippen LogP contribution is 2.28. The van der Waals surface area contributed by atoms with E-state index in [9.17, 15) is 0 Å². The Morgan fingerprint density at radius 2 is 1.90 bits per heavy atom. The first-order chi connectivity index (χ1) is 8.81. The lowest BCUT2D eigenvalue weighted by Gasteiger charge is -2.32. The molecule has 0 unspecified atom stereocenters. The summed E-state index contributed by atoms with van der Waals surface area (Å²) in [6.07, 6.45) is 7.06. The highest BCUT2D eigenvalue weighted by atomic mass is 35.5. The predicted octanol–water partition coefficient (Wildman–Crippen LogP) is 1.62. The number of nitrogens with zero attached hydrogens (tertiary/aromatic N) is 4. The lowest BCUT2D eigenvalue weighted by molar-refractivity contribution is 0.184. The molecule has 7 heteroatoms. The number of piperidine rings is 1. The molecule has 2 heterocycles. The van der Waals surface area contributed by atoms with Crippen LogP contribution in [0.3, 0.4) is 0 Å². The number of nitrogens with one attached hydrogen (secondary N) is 1. The molecule has 1 saturated heterocycles. The molecular weight excluding hydrogens is 297 g/mol. The van der Waals surface area contributed by atoms with Crippen LogP contribution in [-0.2, 0) is 13.6 Å². The summed E-state index contributed by atoms with van der Waals surface area (Å²) in [6, 6.07) is 0.737. The molecule has 1 saturated carbocycles. The number of rotatable bonds is 5. The first-order valence-electron chi connectivity index (χ1n) is 7.10. The number of halogens is 2. The number of aryl methyl sites for hydroxylation is 1. The van der Waals surface area contributed by atoms with Crippen LogP contribution < -0.4 is 5.32 Å². The summed E-state index contributed by atoms with van der Waals surface area (Å²) in [5, 5.41) is 7.83. The lowest BCUT2D eigenvalue weighted by atomic mass is 10.0. The molecule has 0 bridgehead atoms. The zero-order chi connectivity index (χ0) is 12.4. The molecule has 0 spiro atoms. The summed E-state index contributed by atoms with van der Waals surface area (Å²) in [6.45, 7) is 4.53. The summed E-state index contributed by atoms with van der Waals surface area (Å²) >= 11 is 0. The van der Waals surface area contributed by atoms with E-state index in [0.29, 0.717) is 0 Å². The van der Waals surface area contributed by atoms with Crippen molar-refractivity contribution in [1.29, 1.82) is 0 Å². The summed E-state index contributed by atoms with van der Waals surface area (Å²) in [4.78, 5) is 6.78. The second-order valence-corrected chi connectivity index (χ2v) is 5.70. The summed E-state index contributed by atoms with van der Waals surface area (Å²) in [5.41, 5.74) is 0. The van der Waals surface area contributed by atoms with Gasteiger partial charge in [-0.15, -0.1) is 24.8 Å². The summed E-state index contributed by atoms with van der Waals surface area (Å²) in [7, 11) is 1.96. The minimum Gasteiger partial charge on any atom is -0.314 e. The lowest BCUT2D eigenvalue weighted by Crippen LogP contribution is -2.43. The van der Waals surface area contributed by atoms with Gasteiger partial charge in [0.25, 0.3) is 0 Å². The van der Waals surface area contributed by atoms with E-state index < -0.39 is 0 Å². The molecule has 0 radical (unpaired) electrons. The SMILES string of the molecule is Cl.Cl.Cn1ncnc1CN1CCC(NCC2CC2)CC1. The van der Waals surface area contributed by atoms with Gasteiger partial charge in [-0.3, -0.25) is 9.58 Å². The van der Waals surface area contributed by atoms with Crippen molar-refractivity contribution in [3.63, 3.8) is 0 Å². The minimum atomic E-state index is 0. The molecule has 1 aliphatic heterocycles. The van der Waals surface area contributed by atoms with Crippen molar-refractivity contribution < 1.29 is 0 Å². The molecule has 3 rings (SSSR count). The van der Waals surface area contributed by atoms with Crippen molar-refractivity contribution in [1.82, 2.24) is 25.0 Å². The Bertz CT molecular complexity index is 386. The van der Waals surface area contributed by atoms with Crippen molar-refractivity contribution in [2.45, 2.75) is 38.3 Å². The minimum absolute atomic E-state index is 0. The van der Waals surface area contributed by atoms with Crippen LogP contribution in [0, 0.1) is 5.92 Å². The molecular formula is C13H25Cl2N5. The average molecular weight is 322 g/mol. The molecule has 1 aromatic rings. The molecule has 2 fully saturated rings. The predicted molar refractivity (Wildman–Crippen MR) is 84.5 cm³/mol. The molecule has 1 aliphatic carbocycles. The van der Waals surface area contributed by atoms with E-state index in [1.165, 1.54) is 45.3 Å². The highest BCUT2D eigenvalue weighted by molar-refractivity contribution is 5.85. The van der Waals surface area contributed by atoms with Gasteiger partial charge in [-0.25, -0.2) is 4.98 Å². The van der Waals surface area contributed by atoms with Crippen LogP contribution in [0.15, 0.2) is 6.33 Å². The number of likely N-dealkylation sites (tertiary alicyclic amines) is 1. The van der Waals surface area contributed by atoms with Crippen molar-refractivity contribution in [2.24, 2.45) is 13.0 Å². The van der Waals surface area contributed by atoms with Crippen LogP contribution in [0.2, 0.25) is 0 Å². The molecule has 5 nitrogen and oxygen atoms in total. The fourth-order valence-corrected chi connectivity index (χ4v) is 2.61. The number of hydrogen-bond donors (Lipinski definition) is 1. The van der Waals surface area contributed by atoms with Gasteiger partial charge < -0.3 is 5.32 Å². The molecule has 1 aromatic heterocycles. The van der Waals surface area contributed by atoms with Gasteiger partial charge in [0.2, 0.25) is 0 Å². The van der Waals surface area contributed by atoms with Gasteiger partial charge in [0.15, 0.2) is 0 Å². The van der Waals surface area contributed by atoms with Gasteiger partial charge in [-0.2, -0.15) is 5.10 Å². The van der Waals surface area contributed by atoms with Gasteiger partial charge in [0.1, 0.15) is 12.2 Å². The summed E-state index contributed by atoms with van der Waals surface area (Å²) < 4.78 is 1.87. The Hall–Kier alpha value is -0.360. The Balaban J connectivity index is 0.000001000. The topological polar surface area (TPSA) is 46.0 Å². The van der Waals surface area contributed by atoms with E-state index in [2.05, 4.69) is 20.3 Å². The standard InChI is InChI=1S/C13H23N5.2ClH/c1-17-13(15-10-16-17)9-18-6-4-12(5-7-18)14-8-11-2-3-11;;/h10-12,14H,2-9H2,1H3;2*1H. The Morgan fingerprint density at radius 3 is 2.45 bits per heavy atom. The Labute approximate surface area is 133 Å². The maximum atomic E-state index is 4.29. The van der Waals surface area contributed by atoms with Crippen LogP contribution in [0.4, 0.5) is 0 Å². The molecule has 0 amide bonds. The Morgan fingerprint density at radius 1 is 1.20 bits per heavy atom. The van der Waals surface area contributed by atoms with Gasteiger partial charge in [0, 0.05) is 26.2 Å². The molecule has 116 valence electrons. The van der Waals surface area contributed by atoms with E-state index in [0.717, 1.165) is 24.3 Å². The second-order valence-electron chi connectivity index (χ2n) is 5.70. The number of aromatic nitrogens is 3. The molecule has 0 aromatic carbocycles. The normalized spacial score (nSPS) is 20.2. The highest BCUT2D eigenvalue weighted by Gasteiger charge is 2.24. The van der Waals surface area contributed by atoms with Crippen molar-refractivity contribution in [2.75, 3.05) is 19.6 Å². The monoisotopic (exact) mass is 321 g/mol. The van der Waals surface area contributed by atoms with E-state index in [-0.39, 0.29) is 24.8 Å². The van der Waals surface area contributed by atoms with E-state index in [4.69, 9.17) is 0 Å². The van der Waals surface area contributed by atoms with Crippen LogP contribution in [0.25, 0.3) is 0 Å². The van der Waals surface area contributed by atoms with Crippen molar-refractivity contribution in [3.05, 3.63) is 12.2 Å². The Kier molecular flexibility index (Phi) is 7.23. The van der Waals surface area contributed by atoms with E-state index in [1.54, 1.807) is 6.33 Å². The van der Waals surface area contributed by atoms with E-state index >= 15 is 0 Å². The van der Waals surface area contributed by atoms with Crippen LogP contribution >= 0.6 is 24.8 Å². The van der Waals surface area contributed by atoms with Crippen LogP contribution in [0.5, 0.6) is 0 Å². The second kappa shape index (κ2) is 8.17. The van der Waals surface area contributed by atoms with Gasteiger partial charge in [-0.05, 0) is 38.1 Å². The quantitative estimate of drug-likeness (QED) is 0.895. The van der Waals surface area contributed by atoms with Crippen molar-refractivity contribution in [3.8, 4) is 0 Å². The smallest absolute Gasteiger partial charge is 0.140 e. The van der Waals surface area contributed by atoms with Gasteiger partial charge in [0.05, 0.1) is 6.54 Å². The first kappa shape index (κ1) is 17.7. The van der Waals surface area contributed by atoms with Crippen LogP contribution in [-0.4, -0.2) is 45.3 Å². The fourth-order valence-electron chi connectivity index (χ4n) is 2.61. The zero-order valence-electron chi connectivity index (χ0n) is 12.0. The zero-order valence-corrected chi connectivity index (χ0v) is 13.6. The van der Waals surface area contributed by atoms with Gasteiger partial charge >= 0.3 is 0 Å². The summed E-state index contributed by atoms with van der Waals surface area (Å²) in [5.74, 6) is 2.06. The molecule has 0 atom stereocenters. The maximum absolute atomic E-state index is 4.29. The third kappa shape index (κ3) is 4.88. The molecule has 20 heavy (non-hydrogen) atoms. The van der Waals surface area contributed by atoms with Crippen LogP contribution in [0.1, 0.15) is 31.5 Å². The van der Waals surface area contributed by atoms with E-state index in [1.807, 2.05) is 11.7 Å². The first-order valence-corrected chi connectivity index (χ1v) is 7.10. The largest absolute Gasteiger partial charge is 0.314 e. The third-order valence-electron chi connectivity index (χ3n) is 4.15. The maximum Gasteiger partial charge on any atom is 0.140 e. The average Bonchev–Trinajstić information content (AvgIpc) is 3.13. The fraction of sp³-hybridized carbons (Fsp3) is 0.846.